The van der Waals surface area contributed by atoms with Crippen LogP contribution in [0.25, 0.3) is 11.1 Å². The second-order valence-electron chi connectivity index (χ2n) is 4.74. The van der Waals surface area contributed by atoms with Crippen molar-refractivity contribution in [3.63, 3.8) is 0 Å². The van der Waals surface area contributed by atoms with E-state index in [9.17, 15) is 0 Å². The summed E-state index contributed by atoms with van der Waals surface area (Å²) < 4.78 is 5.41. The zero-order valence-corrected chi connectivity index (χ0v) is 12.2. The number of benzene rings is 2. The Kier molecular flexibility index (Phi) is 4.46. The Balaban J connectivity index is 2.46. The lowest BCUT2D eigenvalue weighted by atomic mass is 10.0. The van der Waals surface area contributed by atoms with Gasteiger partial charge in [0.15, 0.2) is 0 Å². The van der Waals surface area contributed by atoms with E-state index >= 15 is 0 Å². The van der Waals surface area contributed by atoms with Crippen LogP contribution in [0.5, 0.6) is 5.75 Å². The summed E-state index contributed by atoms with van der Waals surface area (Å²) >= 11 is 6.25. The van der Waals surface area contributed by atoms with Crippen LogP contribution in [0.1, 0.15) is 5.56 Å². The molecule has 3 heteroatoms. The Bertz CT molecular complexity index is 566. The first-order valence-electron chi connectivity index (χ1n) is 6.18. The lowest BCUT2D eigenvalue weighted by Crippen LogP contribution is -2.11. The molecule has 2 nitrogen and oxygen atoms in total. The monoisotopic (exact) mass is 275 g/mol. The molecule has 0 saturated heterocycles. The molecule has 0 aliphatic heterocycles. The standard InChI is InChI=1S/C16H18ClNO/c1-18(2)11-13-10-12(8-9-16(13)19-3)14-6-4-5-7-15(14)17/h4-10H,11H2,1-3H3. The lowest BCUT2D eigenvalue weighted by molar-refractivity contribution is 0.372. The van der Waals surface area contributed by atoms with Crippen molar-refractivity contribution in [3.05, 3.63) is 53.1 Å². The Morgan fingerprint density at radius 2 is 1.84 bits per heavy atom. The highest BCUT2D eigenvalue weighted by molar-refractivity contribution is 6.33. The maximum absolute atomic E-state index is 6.25. The zero-order valence-electron chi connectivity index (χ0n) is 11.5. The zero-order chi connectivity index (χ0) is 13.8. The van der Waals surface area contributed by atoms with Gasteiger partial charge in [0.25, 0.3) is 0 Å². The third-order valence-electron chi connectivity index (χ3n) is 2.95. The van der Waals surface area contributed by atoms with Crippen molar-refractivity contribution in [2.45, 2.75) is 6.54 Å². The second kappa shape index (κ2) is 6.09. The molecule has 19 heavy (non-hydrogen) atoms. The minimum atomic E-state index is 0.767. The van der Waals surface area contributed by atoms with E-state index in [1.54, 1.807) is 7.11 Å². The minimum Gasteiger partial charge on any atom is -0.496 e. The number of hydrogen-bond donors (Lipinski definition) is 0. The molecule has 0 fully saturated rings. The molecule has 0 bridgehead atoms. The van der Waals surface area contributed by atoms with Crippen LogP contribution in [0.3, 0.4) is 0 Å². The molecule has 100 valence electrons. The molecule has 0 N–H and O–H groups in total. The number of methoxy groups -OCH3 is 1. The molecule has 0 radical (unpaired) electrons. The number of rotatable bonds is 4. The summed E-state index contributed by atoms with van der Waals surface area (Å²) in [5.74, 6) is 0.907. The summed E-state index contributed by atoms with van der Waals surface area (Å²) in [4.78, 5) is 2.12. The quantitative estimate of drug-likeness (QED) is 0.834. The van der Waals surface area contributed by atoms with Gasteiger partial charge in [0, 0.05) is 22.7 Å². The fraction of sp³-hybridized carbons (Fsp3) is 0.250. The molecule has 0 unspecified atom stereocenters. The first-order valence-corrected chi connectivity index (χ1v) is 6.56. The summed E-state index contributed by atoms with van der Waals surface area (Å²) in [6.07, 6.45) is 0. The predicted octanol–water partition coefficient (Wildman–Crippen LogP) is 4.08. The molecule has 0 amide bonds. The van der Waals surface area contributed by atoms with Crippen LogP contribution in [0, 0.1) is 0 Å². The van der Waals surface area contributed by atoms with Gasteiger partial charge in [-0.05, 0) is 37.9 Å². The normalized spacial score (nSPS) is 10.8. The van der Waals surface area contributed by atoms with Crippen molar-refractivity contribution in [3.8, 4) is 16.9 Å². The van der Waals surface area contributed by atoms with Crippen molar-refractivity contribution >= 4 is 11.6 Å². The highest BCUT2D eigenvalue weighted by Gasteiger charge is 2.08. The van der Waals surface area contributed by atoms with E-state index in [4.69, 9.17) is 16.3 Å². The Hall–Kier alpha value is -1.51. The summed E-state index contributed by atoms with van der Waals surface area (Å²) in [6, 6.07) is 14.1. The van der Waals surface area contributed by atoms with E-state index in [1.165, 1.54) is 0 Å². The Labute approximate surface area is 119 Å². The molecular weight excluding hydrogens is 258 g/mol. The minimum absolute atomic E-state index is 0.767. The predicted molar refractivity (Wildman–Crippen MR) is 80.8 cm³/mol. The van der Waals surface area contributed by atoms with Crippen molar-refractivity contribution < 1.29 is 4.74 Å². The van der Waals surface area contributed by atoms with Gasteiger partial charge in [-0.2, -0.15) is 0 Å². The first-order chi connectivity index (χ1) is 9.11. The smallest absolute Gasteiger partial charge is 0.123 e. The highest BCUT2D eigenvalue weighted by atomic mass is 35.5. The van der Waals surface area contributed by atoms with Crippen molar-refractivity contribution in [1.29, 1.82) is 0 Å². The molecule has 0 aromatic heterocycles. The molecule has 0 aliphatic carbocycles. The third kappa shape index (κ3) is 3.28. The molecule has 2 rings (SSSR count). The van der Waals surface area contributed by atoms with Crippen LogP contribution in [0.4, 0.5) is 0 Å². The topological polar surface area (TPSA) is 12.5 Å². The largest absolute Gasteiger partial charge is 0.496 e. The van der Waals surface area contributed by atoms with Gasteiger partial charge < -0.3 is 9.64 Å². The number of nitrogens with zero attached hydrogens (tertiary/aromatic N) is 1. The van der Waals surface area contributed by atoms with E-state index in [2.05, 4.69) is 11.0 Å². The molecule has 0 aliphatic rings. The van der Waals surface area contributed by atoms with Gasteiger partial charge in [0.05, 0.1) is 7.11 Å². The summed E-state index contributed by atoms with van der Waals surface area (Å²) in [6.45, 7) is 0.835. The fourth-order valence-corrected chi connectivity index (χ4v) is 2.35. The number of halogens is 1. The summed E-state index contributed by atoms with van der Waals surface area (Å²) in [7, 11) is 5.78. The Morgan fingerprint density at radius 3 is 2.47 bits per heavy atom. The number of ether oxygens (including phenoxy) is 1. The SMILES string of the molecule is COc1ccc(-c2ccccc2Cl)cc1CN(C)C. The first kappa shape index (κ1) is 13.9. The lowest BCUT2D eigenvalue weighted by Gasteiger charge is -2.15. The summed E-state index contributed by atoms with van der Waals surface area (Å²) in [5, 5.41) is 0.767. The van der Waals surface area contributed by atoms with E-state index in [1.807, 2.05) is 50.5 Å². The highest BCUT2D eigenvalue weighted by Crippen LogP contribution is 2.31. The van der Waals surface area contributed by atoms with Gasteiger partial charge in [0.2, 0.25) is 0 Å². The molecule has 2 aromatic rings. The van der Waals surface area contributed by atoms with Crippen LogP contribution >= 0.6 is 11.6 Å². The van der Waals surface area contributed by atoms with Crippen LogP contribution in [-0.2, 0) is 6.54 Å². The van der Waals surface area contributed by atoms with Gasteiger partial charge in [-0.25, -0.2) is 0 Å². The molecule has 0 spiro atoms. The average Bonchev–Trinajstić information content (AvgIpc) is 2.38. The maximum Gasteiger partial charge on any atom is 0.123 e. The molecular formula is C16H18ClNO. The van der Waals surface area contributed by atoms with Crippen molar-refractivity contribution in [2.75, 3.05) is 21.2 Å². The molecule has 0 saturated carbocycles. The van der Waals surface area contributed by atoms with E-state index < -0.39 is 0 Å². The average molecular weight is 276 g/mol. The second-order valence-corrected chi connectivity index (χ2v) is 5.15. The maximum atomic E-state index is 6.25. The van der Waals surface area contributed by atoms with Crippen LogP contribution < -0.4 is 4.74 Å². The van der Waals surface area contributed by atoms with Gasteiger partial charge in [-0.15, -0.1) is 0 Å². The van der Waals surface area contributed by atoms with Gasteiger partial charge >= 0.3 is 0 Å². The van der Waals surface area contributed by atoms with Crippen molar-refractivity contribution in [2.24, 2.45) is 0 Å². The molecule has 0 heterocycles. The van der Waals surface area contributed by atoms with Crippen LogP contribution in [-0.4, -0.2) is 26.1 Å². The van der Waals surface area contributed by atoms with Gasteiger partial charge in [-0.1, -0.05) is 35.9 Å². The van der Waals surface area contributed by atoms with Crippen molar-refractivity contribution in [1.82, 2.24) is 4.90 Å². The molecule has 0 atom stereocenters. The fourth-order valence-electron chi connectivity index (χ4n) is 2.11. The van der Waals surface area contributed by atoms with Gasteiger partial charge in [-0.3, -0.25) is 0 Å². The molecule has 2 aromatic carbocycles. The Morgan fingerprint density at radius 1 is 1.11 bits per heavy atom. The summed E-state index contributed by atoms with van der Waals surface area (Å²) in [5.41, 5.74) is 3.32. The van der Waals surface area contributed by atoms with E-state index in [-0.39, 0.29) is 0 Å². The third-order valence-corrected chi connectivity index (χ3v) is 3.28. The van der Waals surface area contributed by atoms with E-state index in [0.717, 1.165) is 34.0 Å². The van der Waals surface area contributed by atoms with Crippen LogP contribution in [0.2, 0.25) is 5.02 Å². The van der Waals surface area contributed by atoms with Gasteiger partial charge in [0.1, 0.15) is 5.75 Å². The van der Waals surface area contributed by atoms with E-state index in [0.29, 0.717) is 0 Å². The number of hydrogen-bond acceptors (Lipinski definition) is 2. The van der Waals surface area contributed by atoms with Crippen LogP contribution in [0.15, 0.2) is 42.5 Å².